The van der Waals surface area contributed by atoms with Crippen molar-refractivity contribution in [2.75, 3.05) is 69.2 Å². The first kappa shape index (κ1) is 45.5. The Hall–Kier alpha value is -5.52. The first-order valence-corrected chi connectivity index (χ1v) is 22.7. The fourth-order valence-corrected chi connectivity index (χ4v) is 8.26. The highest BCUT2D eigenvalue weighted by Gasteiger charge is 2.17. The summed E-state index contributed by atoms with van der Waals surface area (Å²) in [5.41, 5.74) is 9.71. The van der Waals surface area contributed by atoms with Crippen LogP contribution >= 0.6 is 23.2 Å². The van der Waals surface area contributed by atoms with Crippen LogP contribution in [-0.4, -0.2) is 95.8 Å². The molecule has 6 aromatic rings. The van der Waals surface area contributed by atoms with Crippen molar-refractivity contribution in [3.8, 4) is 0 Å². The Balaban J connectivity index is 0.000000189. The highest BCUT2D eigenvalue weighted by molar-refractivity contribution is 6.31. The van der Waals surface area contributed by atoms with E-state index in [0.717, 1.165) is 109 Å². The number of hydrogen-bond donors (Lipinski definition) is 1. The number of likely N-dealkylation sites (N-methyl/N-ethyl adjacent to an activating group) is 1. The van der Waals surface area contributed by atoms with Crippen LogP contribution in [0.15, 0.2) is 109 Å². The lowest BCUT2D eigenvalue weighted by Gasteiger charge is -2.34. The number of carbonyl (C=O) groups is 2. The normalized spacial score (nSPS) is 14.2. The van der Waals surface area contributed by atoms with Gasteiger partial charge in [-0.15, -0.1) is 0 Å². The molecule has 12 heteroatoms. The van der Waals surface area contributed by atoms with E-state index in [0.29, 0.717) is 48.6 Å². The van der Waals surface area contributed by atoms with E-state index in [1.807, 2.05) is 62.4 Å². The maximum Gasteiger partial charge on any atom is 0.162 e. The predicted molar refractivity (Wildman–Crippen MR) is 255 cm³/mol. The van der Waals surface area contributed by atoms with Crippen molar-refractivity contribution < 1.29 is 9.59 Å². The predicted octanol–water partition coefficient (Wildman–Crippen LogP) is 8.97. The van der Waals surface area contributed by atoms with E-state index in [4.69, 9.17) is 33.2 Å². The van der Waals surface area contributed by atoms with Gasteiger partial charge < -0.3 is 20.0 Å². The van der Waals surface area contributed by atoms with Crippen LogP contribution in [0.5, 0.6) is 0 Å². The molecule has 2 aliphatic rings. The van der Waals surface area contributed by atoms with E-state index < -0.39 is 0 Å². The lowest BCUT2D eigenvalue weighted by Crippen LogP contribution is -2.44. The molecular weight excluding hydrogens is 828 g/mol. The van der Waals surface area contributed by atoms with Gasteiger partial charge in [-0.25, -0.2) is 19.9 Å². The van der Waals surface area contributed by atoms with Crippen molar-refractivity contribution in [2.45, 2.75) is 52.4 Å². The Morgan fingerprint density at radius 2 is 0.968 bits per heavy atom. The first-order chi connectivity index (χ1) is 30.7. The average molecular weight is 884 g/mol. The zero-order valence-electron chi connectivity index (χ0n) is 36.5. The molecule has 326 valence electrons. The van der Waals surface area contributed by atoms with Crippen molar-refractivity contribution in [1.82, 2.24) is 30.2 Å². The third-order valence-electron chi connectivity index (χ3n) is 11.7. The van der Waals surface area contributed by atoms with Gasteiger partial charge >= 0.3 is 0 Å². The minimum Gasteiger partial charge on any atom is -0.369 e. The molecule has 10 nitrogen and oxygen atoms in total. The van der Waals surface area contributed by atoms with Gasteiger partial charge in [0.25, 0.3) is 0 Å². The monoisotopic (exact) mass is 882 g/mol. The number of rotatable bonds is 14. The van der Waals surface area contributed by atoms with E-state index in [1.54, 1.807) is 12.4 Å². The number of carbonyl (C=O) groups excluding carboxylic acids is 2. The number of nitrogens with one attached hydrogen (secondary N) is 1. The summed E-state index contributed by atoms with van der Waals surface area (Å²) in [6, 6.07) is 32.7. The quantitative estimate of drug-likeness (QED) is 0.107. The second-order valence-corrected chi connectivity index (χ2v) is 16.9. The molecule has 2 aromatic heterocycles. The number of hydrogen-bond acceptors (Lipinski definition) is 10. The van der Waals surface area contributed by atoms with Crippen molar-refractivity contribution >= 4 is 46.1 Å². The number of ketones is 2. The van der Waals surface area contributed by atoms with Crippen LogP contribution in [0, 0.1) is 0 Å². The first-order valence-electron chi connectivity index (χ1n) is 22.0. The van der Waals surface area contributed by atoms with Gasteiger partial charge in [-0.1, -0.05) is 110 Å². The molecule has 2 fully saturated rings. The lowest BCUT2D eigenvalue weighted by atomic mass is 9.98. The molecule has 8 rings (SSSR count). The molecule has 0 spiro atoms. The van der Waals surface area contributed by atoms with Gasteiger partial charge in [-0.3, -0.25) is 9.59 Å². The Labute approximate surface area is 381 Å². The van der Waals surface area contributed by atoms with E-state index in [1.165, 1.54) is 11.4 Å². The smallest absolute Gasteiger partial charge is 0.162 e. The fourth-order valence-electron chi connectivity index (χ4n) is 7.94. The highest BCUT2D eigenvalue weighted by atomic mass is 35.5. The van der Waals surface area contributed by atoms with Crippen LogP contribution in [0.2, 0.25) is 10.0 Å². The Kier molecular flexibility index (Phi) is 16.0. The van der Waals surface area contributed by atoms with Crippen LogP contribution in [0.25, 0.3) is 0 Å². The van der Waals surface area contributed by atoms with Crippen molar-refractivity contribution in [3.63, 3.8) is 0 Å². The van der Waals surface area contributed by atoms with Crippen molar-refractivity contribution in [1.29, 1.82) is 0 Å². The SMILES string of the molecule is CCC(=O)c1ccccc1Cc1nc(Cc2ccc(N3CCN(C)CC3)cc2)ncc1Cl.CCC(=O)c1ccccc1Cc1nc(Cc2ccc(N3CCNCC3)cc2)ncc1Cl. The summed E-state index contributed by atoms with van der Waals surface area (Å²) in [4.78, 5) is 50.1. The third-order valence-corrected chi connectivity index (χ3v) is 12.3. The van der Waals surface area contributed by atoms with E-state index in [2.05, 4.69) is 85.6 Å². The van der Waals surface area contributed by atoms with Gasteiger partial charge in [-0.05, 0) is 53.6 Å². The summed E-state index contributed by atoms with van der Waals surface area (Å²) < 4.78 is 0. The molecule has 0 atom stereocenters. The second kappa shape index (κ2) is 22.2. The van der Waals surface area contributed by atoms with E-state index in [-0.39, 0.29) is 11.6 Å². The Morgan fingerprint density at radius 3 is 1.40 bits per heavy atom. The summed E-state index contributed by atoms with van der Waals surface area (Å²) in [7, 11) is 2.17. The molecule has 0 saturated carbocycles. The molecule has 0 amide bonds. The largest absolute Gasteiger partial charge is 0.369 e. The number of Topliss-reactive ketones (excluding diaryl/α,β-unsaturated/α-hetero) is 2. The molecule has 2 saturated heterocycles. The summed E-state index contributed by atoms with van der Waals surface area (Å²) >= 11 is 12.8. The van der Waals surface area contributed by atoms with E-state index >= 15 is 0 Å². The van der Waals surface area contributed by atoms with Crippen LogP contribution in [0.4, 0.5) is 11.4 Å². The molecular formula is C51H56Cl2N8O2. The zero-order chi connectivity index (χ0) is 44.1. The maximum absolute atomic E-state index is 12.3. The summed E-state index contributed by atoms with van der Waals surface area (Å²) in [5, 5.41) is 4.43. The number of benzene rings is 4. The number of aromatic nitrogens is 4. The fraction of sp³-hybridized carbons (Fsp3) is 0.333. The van der Waals surface area contributed by atoms with Crippen LogP contribution < -0.4 is 15.1 Å². The molecule has 2 aliphatic heterocycles. The van der Waals surface area contributed by atoms with Gasteiger partial charge in [0.05, 0.1) is 21.4 Å². The van der Waals surface area contributed by atoms with Crippen molar-refractivity contribution in [2.24, 2.45) is 0 Å². The summed E-state index contributed by atoms with van der Waals surface area (Å²) in [6.07, 6.45) is 6.59. The van der Waals surface area contributed by atoms with Crippen molar-refractivity contribution in [3.05, 3.63) is 176 Å². The van der Waals surface area contributed by atoms with Crippen LogP contribution in [0.3, 0.4) is 0 Å². The molecule has 0 unspecified atom stereocenters. The number of halogens is 2. The Morgan fingerprint density at radius 1 is 0.556 bits per heavy atom. The maximum atomic E-state index is 12.3. The van der Waals surface area contributed by atoms with Gasteiger partial charge in [0.15, 0.2) is 11.6 Å². The topological polar surface area (TPSA) is 107 Å². The van der Waals surface area contributed by atoms with E-state index in [9.17, 15) is 9.59 Å². The minimum absolute atomic E-state index is 0.130. The second-order valence-electron chi connectivity index (χ2n) is 16.1. The molecule has 4 heterocycles. The molecule has 1 N–H and O–H groups in total. The summed E-state index contributed by atoms with van der Waals surface area (Å²) in [6.45, 7) is 12.2. The lowest BCUT2D eigenvalue weighted by molar-refractivity contribution is 0.0979. The standard InChI is InChI=1S/C26H29ClN4O.C25H27ClN4O/c1-3-25(32)22-7-5-4-6-20(22)17-24-23(27)18-28-26(29-24)16-19-8-10-21(11-9-19)31-14-12-30(2)13-15-31;1-2-24(31)21-6-4-3-5-19(21)16-23-22(26)17-28-25(29-23)15-18-7-9-20(10-8-18)30-13-11-27-12-14-30/h4-11,18H,3,12-17H2,1-2H3;3-10,17,27H,2,11-16H2,1H3. The van der Waals surface area contributed by atoms with Gasteiger partial charge in [-0.2, -0.15) is 0 Å². The third kappa shape index (κ3) is 12.4. The number of piperazine rings is 2. The molecule has 4 aromatic carbocycles. The highest BCUT2D eigenvalue weighted by Crippen LogP contribution is 2.24. The zero-order valence-corrected chi connectivity index (χ0v) is 38.0. The minimum atomic E-state index is 0.130. The molecule has 0 bridgehead atoms. The Bertz CT molecular complexity index is 2470. The summed E-state index contributed by atoms with van der Waals surface area (Å²) in [5.74, 6) is 1.72. The molecule has 63 heavy (non-hydrogen) atoms. The van der Waals surface area contributed by atoms with Crippen LogP contribution in [0.1, 0.15) is 92.7 Å². The number of anilines is 2. The molecule has 0 radical (unpaired) electrons. The molecule has 0 aliphatic carbocycles. The van der Waals surface area contributed by atoms with Gasteiger partial charge in [0.1, 0.15) is 11.6 Å². The number of nitrogens with zero attached hydrogens (tertiary/aromatic N) is 7. The van der Waals surface area contributed by atoms with Crippen LogP contribution in [-0.2, 0) is 25.7 Å². The van der Waals surface area contributed by atoms with Gasteiger partial charge in [0, 0.05) is 126 Å². The van der Waals surface area contributed by atoms with Gasteiger partial charge in [0.2, 0.25) is 0 Å². The average Bonchev–Trinajstić information content (AvgIpc) is 3.32.